The van der Waals surface area contributed by atoms with Crippen LogP contribution in [0.3, 0.4) is 0 Å². The van der Waals surface area contributed by atoms with Crippen LogP contribution in [0.4, 0.5) is 10.1 Å². The highest BCUT2D eigenvalue weighted by molar-refractivity contribution is 7.88. The van der Waals surface area contributed by atoms with Gasteiger partial charge in [-0.1, -0.05) is 48.5 Å². The van der Waals surface area contributed by atoms with Gasteiger partial charge in [0, 0.05) is 17.5 Å². The topological polar surface area (TPSA) is 75.3 Å². The van der Waals surface area contributed by atoms with Gasteiger partial charge in [-0.05, 0) is 29.1 Å². The van der Waals surface area contributed by atoms with Gasteiger partial charge in [-0.3, -0.25) is 4.79 Å². The van der Waals surface area contributed by atoms with Crippen LogP contribution >= 0.6 is 0 Å². The van der Waals surface area contributed by atoms with E-state index in [1.807, 2.05) is 36.4 Å². The van der Waals surface area contributed by atoms with Crippen molar-refractivity contribution in [3.05, 3.63) is 78.1 Å². The summed E-state index contributed by atoms with van der Waals surface area (Å²) in [6.45, 7) is 0. The minimum atomic E-state index is -3.56. The molecule has 0 aliphatic rings. The molecule has 0 aliphatic heterocycles. The van der Waals surface area contributed by atoms with Gasteiger partial charge in [-0.25, -0.2) is 17.5 Å². The Labute approximate surface area is 157 Å². The predicted molar refractivity (Wildman–Crippen MR) is 104 cm³/mol. The standard InChI is InChI=1S/C20H19FN2O3S/c1-27(25,26)23-19(15-9-11-16(21)12-10-15)13-20(24)22-18-8-4-6-14-5-2-3-7-17(14)18/h2-12,19,23H,13H2,1H3,(H,22,24)/t19-/m1/s1. The lowest BCUT2D eigenvalue weighted by atomic mass is 10.0. The van der Waals surface area contributed by atoms with E-state index in [-0.39, 0.29) is 12.3 Å². The average Bonchev–Trinajstić information content (AvgIpc) is 2.61. The van der Waals surface area contributed by atoms with Crippen molar-refractivity contribution in [3.8, 4) is 0 Å². The summed E-state index contributed by atoms with van der Waals surface area (Å²) in [4.78, 5) is 12.6. The van der Waals surface area contributed by atoms with Gasteiger partial charge < -0.3 is 5.32 Å². The Morgan fingerprint density at radius 2 is 1.67 bits per heavy atom. The van der Waals surface area contributed by atoms with Crippen molar-refractivity contribution < 1.29 is 17.6 Å². The number of anilines is 1. The van der Waals surface area contributed by atoms with Gasteiger partial charge in [-0.15, -0.1) is 0 Å². The third-order valence-corrected chi connectivity index (χ3v) is 4.79. The summed E-state index contributed by atoms with van der Waals surface area (Å²) in [5.41, 5.74) is 1.16. The van der Waals surface area contributed by atoms with E-state index in [2.05, 4.69) is 10.0 Å². The van der Waals surface area contributed by atoms with Crippen LogP contribution < -0.4 is 10.0 Å². The monoisotopic (exact) mass is 386 g/mol. The molecule has 0 radical (unpaired) electrons. The number of sulfonamides is 1. The molecule has 0 unspecified atom stereocenters. The lowest BCUT2D eigenvalue weighted by molar-refractivity contribution is -0.116. The van der Waals surface area contributed by atoms with Crippen LogP contribution in [-0.2, 0) is 14.8 Å². The molecule has 0 heterocycles. The Balaban J connectivity index is 1.82. The fraction of sp³-hybridized carbons (Fsp3) is 0.150. The van der Waals surface area contributed by atoms with Crippen LogP contribution in [-0.4, -0.2) is 20.6 Å². The second-order valence-electron chi connectivity index (χ2n) is 6.27. The molecule has 2 N–H and O–H groups in total. The number of hydrogen-bond donors (Lipinski definition) is 2. The molecule has 3 rings (SSSR count). The Morgan fingerprint density at radius 3 is 2.37 bits per heavy atom. The molecular weight excluding hydrogens is 367 g/mol. The minimum Gasteiger partial charge on any atom is -0.325 e. The van der Waals surface area contributed by atoms with E-state index in [9.17, 15) is 17.6 Å². The summed E-state index contributed by atoms with van der Waals surface area (Å²) < 4.78 is 39.0. The second kappa shape index (κ2) is 7.85. The van der Waals surface area contributed by atoms with Crippen molar-refractivity contribution in [2.45, 2.75) is 12.5 Å². The first-order chi connectivity index (χ1) is 12.8. The highest BCUT2D eigenvalue weighted by Gasteiger charge is 2.20. The smallest absolute Gasteiger partial charge is 0.226 e. The Hall–Kier alpha value is -2.77. The molecule has 27 heavy (non-hydrogen) atoms. The predicted octanol–water partition coefficient (Wildman–Crippen LogP) is 3.60. The molecule has 0 saturated carbocycles. The van der Waals surface area contributed by atoms with Crippen molar-refractivity contribution in [3.63, 3.8) is 0 Å². The quantitative estimate of drug-likeness (QED) is 0.680. The molecule has 3 aromatic rings. The molecule has 5 nitrogen and oxygen atoms in total. The summed E-state index contributed by atoms with van der Waals surface area (Å²) in [6.07, 6.45) is 0.897. The van der Waals surface area contributed by atoms with Gasteiger partial charge in [0.1, 0.15) is 5.82 Å². The van der Waals surface area contributed by atoms with Crippen molar-refractivity contribution in [2.24, 2.45) is 0 Å². The molecular formula is C20H19FN2O3S. The maximum Gasteiger partial charge on any atom is 0.226 e. The van der Waals surface area contributed by atoms with E-state index >= 15 is 0 Å². The maximum absolute atomic E-state index is 13.2. The van der Waals surface area contributed by atoms with Crippen molar-refractivity contribution in [2.75, 3.05) is 11.6 Å². The largest absolute Gasteiger partial charge is 0.325 e. The number of carbonyl (C=O) groups excluding carboxylic acids is 1. The van der Waals surface area contributed by atoms with Gasteiger partial charge in [0.05, 0.1) is 12.3 Å². The molecule has 1 atom stereocenters. The molecule has 0 aliphatic carbocycles. The van der Waals surface area contributed by atoms with Crippen LogP contribution in [0.1, 0.15) is 18.0 Å². The molecule has 0 bridgehead atoms. The molecule has 0 fully saturated rings. The first kappa shape index (κ1) is 19.0. The number of halogens is 1. The fourth-order valence-electron chi connectivity index (χ4n) is 2.90. The molecule has 3 aromatic carbocycles. The maximum atomic E-state index is 13.2. The summed E-state index contributed by atoms with van der Waals surface area (Å²) in [5, 5.41) is 4.71. The van der Waals surface area contributed by atoms with Gasteiger partial charge in [0.15, 0.2) is 0 Å². The molecule has 0 saturated heterocycles. The van der Waals surface area contributed by atoms with Crippen molar-refractivity contribution >= 4 is 32.4 Å². The van der Waals surface area contributed by atoms with Crippen molar-refractivity contribution in [1.29, 1.82) is 0 Å². The van der Waals surface area contributed by atoms with Crippen LogP contribution in [0.2, 0.25) is 0 Å². The minimum absolute atomic E-state index is 0.123. The first-order valence-corrected chi connectivity index (χ1v) is 10.2. The Morgan fingerprint density at radius 1 is 1.00 bits per heavy atom. The number of amides is 1. The summed E-state index contributed by atoms with van der Waals surface area (Å²) in [5.74, 6) is -0.783. The van der Waals surface area contributed by atoms with E-state index < -0.39 is 21.9 Å². The third-order valence-electron chi connectivity index (χ3n) is 4.08. The number of carbonyl (C=O) groups is 1. The zero-order valence-corrected chi connectivity index (χ0v) is 15.5. The second-order valence-corrected chi connectivity index (χ2v) is 8.05. The van der Waals surface area contributed by atoms with Crippen LogP contribution in [0.5, 0.6) is 0 Å². The SMILES string of the molecule is CS(=O)(=O)N[C@H](CC(=O)Nc1cccc2ccccc12)c1ccc(F)cc1. The molecule has 0 spiro atoms. The lowest BCUT2D eigenvalue weighted by Gasteiger charge is -2.18. The summed E-state index contributed by atoms with van der Waals surface area (Å²) in [6, 6.07) is 17.8. The van der Waals surface area contributed by atoms with Gasteiger partial charge in [-0.2, -0.15) is 0 Å². The first-order valence-electron chi connectivity index (χ1n) is 8.32. The molecule has 0 aromatic heterocycles. The molecule has 7 heteroatoms. The summed E-state index contributed by atoms with van der Waals surface area (Å²) >= 11 is 0. The van der Waals surface area contributed by atoms with E-state index in [4.69, 9.17) is 0 Å². The number of rotatable bonds is 6. The highest BCUT2D eigenvalue weighted by Crippen LogP contribution is 2.24. The normalized spacial score (nSPS) is 12.7. The highest BCUT2D eigenvalue weighted by atomic mass is 32.2. The number of benzene rings is 3. The van der Waals surface area contributed by atoms with Crippen LogP contribution in [0.25, 0.3) is 10.8 Å². The Kier molecular flexibility index (Phi) is 5.53. The number of nitrogens with one attached hydrogen (secondary N) is 2. The Bertz CT molecular complexity index is 1060. The van der Waals surface area contributed by atoms with Crippen LogP contribution in [0.15, 0.2) is 66.7 Å². The number of hydrogen-bond acceptors (Lipinski definition) is 3. The third kappa shape index (κ3) is 5.12. The summed E-state index contributed by atoms with van der Waals surface area (Å²) in [7, 11) is -3.56. The van der Waals surface area contributed by atoms with Gasteiger partial charge >= 0.3 is 0 Å². The number of fused-ring (bicyclic) bond motifs is 1. The zero-order valence-electron chi connectivity index (χ0n) is 14.6. The van der Waals surface area contributed by atoms with E-state index in [1.165, 1.54) is 24.3 Å². The fourth-order valence-corrected chi connectivity index (χ4v) is 3.64. The molecule has 140 valence electrons. The lowest BCUT2D eigenvalue weighted by Crippen LogP contribution is -2.30. The van der Waals surface area contributed by atoms with E-state index in [1.54, 1.807) is 6.07 Å². The van der Waals surface area contributed by atoms with Gasteiger partial charge in [0.25, 0.3) is 0 Å². The van der Waals surface area contributed by atoms with Crippen LogP contribution in [0, 0.1) is 5.82 Å². The van der Waals surface area contributed by atoms with E-state index in [0.29, 0.717) is 11.3 Å². The zero-order chi connectivity index (χ0) is 19.4. The van der Waals surface area contributed by atoms with Gasteiger partial charge in [0.2, 0.25) is 15.9 Å². The average molecular weight is 386 g/mol. The van der Waals surface area contributed by atoms with Crippen molar-refractivity contribution in [1.82, 2.24) is 4.72 Å². The van der Waals surface area contributed by atoms with E-state index in [0.717, 1.165) is 17.0 Å². The molecule has 1 amide bonds.